The van der Waals surface area contributed by atoms with Crippen molar-refractivity contribution in [3.8, 4) is 11.1 Å². The van der Waals surface area contributed by atoms with Gasteiger partial charge in [-0.25, -0.2) is 0 Å². The molecule has 0 N–H and O–H groups in total. The molecule has 0 amide bonds. The number of pyridine rings is 2. The molecule has 0 atom stereocenters. The minimum atomic E-state index is 0.976. The zero-order valence-corrected chi connectivity index (χ0v) is 15.2. The molecular formula is C24H21N3. The van der Waals surface area contributed by atoms with Crippen molar-refractivity contribution in [2.45, 2.75) is 19.5 Å². The van der Waals surface area contributed by atoms with Crippen LogP contribution < -0.4 is 0 Å². The molecule has 2 aromatic carbocycles. The summed E-state index contributed by atoms with van der Waals surface area (Å²) >= 11 is 0. The summed E-state index contributed by atoms with van der Waals surface area (Å²) in [5.41, 5.74) is 7.73. The van der Waals surface area contributed by atoms with Gasteiger partial charge in [0.2, 0.25) is 0 Å². The molecule has 27 heavy (non-hydrogen) atoms. The first-order valence-electron chi connectivity index (χ1n) is 9.45. The Morgan fingerprint density at radius 3 is 2.63 bits per heavy atom. The average molecular weight is 351 g/mol. The monoisotopic (exact) mass is 351 g/mol. The third-order valence-corrected chi connectivity index (χ3v) is 5.38. The van der Waals surface area contributed by atoms with Crippen LogP contribution in [0.3, 0.4) is 0 Å². The number of rotatable bonds is 4. The highest BCUT2D eigenvalue weighted by atomic mass is 15.1. The third-order valence-electron chi connectivity index (χ3n) is 5.38. The van der Waals surface area contributed by atoms with Crippen LogP contribution in [0.1, 0.15) is 16.8 Å². The van der Waals surface area contributed by atoms with E-state index >= 15 is 0 Å². The third kappa shape index (κ3) is 3.22. The van der Waals surface area contributed by atoms with Gasteiger partial charge >= 0.3 is 0 Å². The summed E-state index contributed by atoms with van der Waals surface area (Å²) in [6.45, 7) is 3.04. The molecule has 4 aromatic rings. The summed E-state index contributed by atoms with van der Waals surface area (Å²) < 4.78 is 0. The summed E-state index contributed by atoms with van der Waals surface area (Å²) in [6.07, 6.45) is 4.71. The van der Waals surface area contributed by atoms with Crippen LogP contribution in [0, 0.1) is 0 Å². The van der Waals surface area contributed by atoms with Crippen molar-refractivity contribution in [3.05, 3.63) is 95.9 Å². The number of hydrogen-bond acceptors (Lipinski definition) is 3. The fourth-order valence-corrected chi connectivity index (χ4v) is 3.97. The van der Waals surface area contributed by atoms with Gasteiger partial charge < -0.3 is 0 Å². The molecule has 1 aliphatic rings. The molecule has 3 heterocycles. The van der Waals surface area contributed by atoms with E-state index in [1.807, 2.05) is 12.4 Å². The molecule has 5 rings (SSSR count). The molecule has 0 bridgehead atoms. The van der Waals surface area contributed by atoms with Crippen molar-refractivity contribution in [3.63, 3.8) is 0 Å². The number of aromatic nitrogens is 2. The molecule has 0 radical (unpaired) electrons. The van der Waals surface area contributed by atoms with Crippen LogP contribution in [0.2, 0.25) is 0 Å². The van der Waals surface area contributed by atoms with Gasteiger partial charge in [0.25, 0.3) is 0 Å². The average Bonchev–Trinajstić information content (AvgIpc) is 3.16. The van der Waals surface area contributed by atoms with Gasteiger partial charge in [-0.3, -0.25) is 14.9 Å². The van der Waals surface area contributed by atoms with E-state index in [1.54, 1.807) is 0 Å². The lowest BCUT2D eigenvalue weighted by atomic mass is 9.98. The Kier molecular flexibility index (Phi) is 4.15. The Bertz CT molecular complexity index is 1090. The van der Waals surface area contributed by atoms with Crippen LogP contribution in [-0.4, -0.2) is 21.4 Å². The minimum absolute atomic E-state index is 0.976. The lowest BCUT2D eigenvalue weighted by Crippen LogP contribution is -2.19. The van der Waals surface area contributed by atoms with Gasteiger partial charge in [0.15, 0.2) is 0 Å². The Morgan fingerprint density at radius 2 is 1.70 bits per heavy atom. The van der Waals surface area contributed by atoms with Crippen molar-refractivity contribution in [1.29, 1.82) is 0 Å². The van der Waals surface area contributed by atoms with Crippen LogP contribution in [-0.2, 0) is 19.5 Å². The maximum absolute atomic E-state index is 4.82. The van der Waals surface area contributed by atoms with Gasteiger partial charge in [0, 0.05) is 49.5 Å². The van der Waals surface area contributed by atoms with Gasteiger partial charge in [0.05, 0.1) is 5.52 Å². The summed E-state index contributed by atoms with van der Waals surface area (Å²) in [7, 11) is 0. The van der Waals surface area contributed by atoms with E-state index in [1.165, 1.54) is 33.3 Å². The van der Waals surface area contributed by atoms with E-state index in [0.29, 0.717) is 0 Å². The Balaban J connectivity index is 1.32. The lowest BCUT2D eigenvalue weighted by Gasteiger charge is -2.15. The maximum atomic E-state index is 4.82. The normalized spacial score (nSPS) is 13.8. The molecule has 0 spiro atoms. The standard InChI is InChI=1S/C24H21N3/c1-2-7-24-19(4-1)8-9-21(26-24)12-15-27-16-20-5-3-6-22(23(20)17-27)18-10-13-25-14-11-18/h1-11,13-14H,12,15-17H2. The molecule has 132 valence electrons. The molecule has 0 aliphatic carbocycles. The lowest BCUT2D eigenvalue weighted by molar-refractivity contribution is 0.287. The predicted molar refractivity (Wildman–Crippen MR) is 109 cm³/mol. The van der Waals surface area contributed by atoms with Crippen LogP contribution in [0.15, 0.2) is 79.1 Å². The topological polar surface area (TPSA) is 29.0 Å². The molecule has 0 fully saturated rings. The molecule has 2 aromatic heterocycles. The molecule has 3 heteroatoms. The van der Waals surface area contributed by atoms with Gasteiger partial charge in [-0.05, 0) is 46.5 Å². The molecule has 0 unspecified atom stereocenters. The van der Waals surface area contributed by atoms with E-state index in [-0.39, 0.29) is 0 Å². The van der Waals surface area contributed by atoms with Crippen molar-refractivity contribution < 1.29 is 0 Å². The Morgan fingerprint density at radius 1 is 0.815 bits per heavy atom. The zero-order valence-electron chi connectivity index (χ0n) is 15.2. The number of hydrogen-bond donors (Lipinski definition) is 0. The fraction of sp³-hybridized carbons (Fsp3) is 0.167. The number of benzene rings is 2. The van der Waals surface area contributed by atoms with Crippen molar-refractivity contribution in [1.82, 2.24) is 14.9 Å². The van der Waals surface area contributed by atoms with Crippen LogP contribution >= 0.6 is 0 Å². The van der Waals surface area contributed by atoms with E-state index in [9.17, 15) is 0 Å². The van der Waals surface area contributed by atoms with E-state index in [0.717, 1.165) is 31.6 Å². The number of nitrogens with zero attached hydrogens (tertiary/aromatic N) is 3. The minimum Gasteiger partial charge on any atom is -0.294 e. The first kappa shape index (κ1) is 16.2. The van der Waals surface area contributed by atoms with Crippen LogP contribution in [0.25, 0.3) is 22.0 Å². The maximum Gasteiger partial charge on any atom is 0.0705 e. The predicted octanol–water partition coefficient (Wildman–Crippen LogP) is 4.86. The first-order valence-corrected chi connectivity index (χ1v) is 9.45. The molecule has 3 nitrogen and oxygen atoms in total. The van der Waals surface area contributed by atoms with Gasteiger partial charge in [-0.2, -0.15) is 0 Å². The largest absolute Gasteiger partial charge is 0.294 e. The molecule has 0 saturated carbocycles. The van der Waals surface area contributed by atoms with Crippen molar-refractivity contribution >= 4 is 10.9 Å². The smallest absolute Gasteiger partial charge is 0.0705 e. The SMILES string of the molecule is c1cc2c(c(-c3ccncc3)c1)CN(CCc1ccc3ccccc3n1)C2. The van der Waals surface area contributed by atoms with E-state index in [4.69, 9.17) is 4.98 Å². The van der Waals surface area contributed by atoms with E-state index < -0.39 is 0 Å². The summed E-state index contributed by atoms with van der Waals surface area (Å²) in [5.74, 6) is 0. The molecule has 0 saturated heterocycles. The van der Waals surface area contributed by atoms with Crippen LogP contribution in [0.5, 0.6) is 0 Å². The second-order valence-corrected chi connectivity index (χ2v) is 7.14. The van der Waals surface area contributed by atoms with E-state index in [2.05, 4.69) is 76.6 Å². The van der Waals surface area contributed by atoms with Gasteiger partial charge in [-0.15, -0.1) is 0 Å². The quantitative estimate of drug-likeness (QED) is 0.526. The highest BCUT2D eigenvalue weighted by Crippen LogP contribution is 2.32. The van der Waals surface area contributed by atoms with Gasteiger partial charge in [0.1, 0.15) is 0 Å². The molecule has 1 aliphatic heterocycles. The summed E-state index contributed by atoms with van der Waals surface area (Å²) in [4.78, 5) is 11.5. The van der Waals surface area contributed by atoms with Gasteiger partial charge in [-0.1, -0.05) is 42.5 Å². The Hall–Kier alpha value is -3.04. The molecular weight excluding hydrogens is 330 g/mol. The summed E-state index contributed by atoms with van der Waals surface area (Å²) in [6, 6.07) is 23.5. The first-order chi connectivity index (χ1) is 13.4. The Labute approximate surface area is 159 Å². The number of fused-ring (bicyclic) bond motifs is 2. The highest BCUT2D eigenvalue weighted by Gasteiger charge is 2.21. The van der Waals surface area contributed by atoms with Crippen molar-refractivity contribution in [2.75, 3.05) is 6.54 Å². The highest BCUT2D eigenvalue weighted by molar-refractivity contribution is 5.78. The number of para-hydroxylation sites is 1. The van der Waals surface area contributed by atoms with Crippen molar-refractivity contribution in [2.24, 2.45) is 0 Å². The second-order valence-electron chi connectivity index (χ2n) is 7.14. The summed E-state index contributed by atoms with van der Waals surface area (Å²) in [5, 5.41) is 1.21. The fourth-order valence-electron chi connectivity index (χ4n) is 3.97. The zero-order chi connectivity index (χ0) is 18.1. The van der Waals surface area contributed by atoms with Crippen LogP contribution in [0.4, 0.5) is 0 Å². The second kappa shape index (κ2) is 6.93.